The zero-order chi connectivity index (χ0) is 17.4. The van der Waals surface area contributed by atoms with Gasteiger partial charge in [0, 0.05) is 30.1 Å². The number of aryl methyl sites for hydroxylation is 1. The second-order valence-corrected chi connectivity index (χ2v) is 8.20. The molecule has 0 unspecified atom stereocenters. The highest BCUT2D eigenvalue weighted by atomic mass is 32.1. The number of carbonyl (C=O) groups excluding carboxylic acids is 1. The predicted octanol–water partition coefficient (Wildman–Crippen LogP) is 3.31. The quantitative estimate of drug-likeness (QED) is 0.917. The molecule has 1 amide bonds. The molecule has 0 saturated carbocycles. The molecule has 0 spiro atoms. The van der Waals surface area contributed by atoms with Gasteiger partial charge in [-0.2, -0.15) is 0 Å². The summed E-state index contributed by atoms with van der Waals surface area (Å²) in [4.78, 5) is 17.1. The van der Waals surface area contributed by atoms with Crippen molar-refractivity contribution < 1.29 is 9.53 Å². The van der Waals surface area contributed by atoms with E-state index in [0.29, 0.717) is 12.1 Å². The average molecular weight is 356 g/mol. The lowest BCUT2D eigenvalue weighted by Gasteiger charge is -2.33. The Labute approximate surface area is 152 Å². The Morgan fingerprint density at radius 1 is 1.28 bits per heavy atom. The van der Waals surface area contributed by atoms with Crippen molar-refractivity contribution in [3.05, 3.63) is 46.8 Å². The van der Waals surface area contributed by atoms with Crippen molar-refractivity contribution in [2.24, 2.45) is 0 Å². The first-order valence-corrected chi connectivity index (χ1v) is 9.74. The number of fused-ring (bicyclic) bond motifs is 1. The van der Waals surface area contributed by atoms with E-state index in [2.05, 4.69) is 36.2 Å². The van der Waals surface area contributed by atoms with E-state index in [1.54, 1.807) is 11.3 Å². The minimum Gasteiger partial charge on any atom is -0.376 e. The van der Waals surface area contributed by atoms with Crippen LogP contribution in [0.25, 0.3) is 10.4 Å². The minimum absolute atomic E-state index is 0.0501. The molecule has 2 saturated heterocycles. The van der Waals surface area contributed by atoms with E-state index >= 15 is 0 Å². The van der Waals surface area contributed by atoms with Crippen molar-refractivity contribution in [3.8, 4) is 10.4 Å². The molecule has 5 heteroatoms. The molecule has 0 radical (unpaired) electrons. The number of hydrogen-bond donors (Lipinski definition) is 1. The van der Waals surface area contributed by atoms with Gasteiger partial charge in [0.15, 0.2) is 0 Å². The van der Waals surface area contributed by atoms with Crippen molar-refractivity contribution in [1.82, 2.24) is 10.2 Å². The van der Waals surface area contributed by atoms with Crippen molar-refractivity contribution in [1.29, 1.82) is 0 Å². The van der Waals surface area contributed by atoms with E-state index in [1.165, 1.54) is 10.4 Å². The summed E-state index contributed by atoms with van der Waals surface area (Å²) < 4.78 is 5.75. The highest BCUT2D eigenvalue weighted by Gasteiger charge is 2.36. The number of ether oxygens (including phenoxy) is 1. The van der Waals surface area contributed by atoms with E-state index < -0.39 is 0 Å². The first-order valence-electron chi connectivity index (χ1n) is 8.92. The maximum Gasteiger partial charge on any atom is 0.261 e. The largest absolute Gasteiger partial charge is 0.376 e. The number of rotatable bonds is 3. The maximum absolute atomic E-state index is 12.7. The van der Waals surface area contributed by atoms with Crippen LogP contribution < -0.4 is 5.32 Å². The molecule has 4 rings (SSSR count). The van der Waals surface area contributed by atoms with Gasteiger partial charge >= 0.3 is 0 Å². The van der Waals surface area contributed by atoms with Crippen molar-refractivity contribution in [3.63, 3.8) is 0 Å². The average Bonchev–Trinajstić information content (AvgIpc) is 3.18. The molecule has 132 valence electrons. The second kappa shape index (κ2) is 6.90. The molecule has 25 heavy (non-hydrogen) atoms. The molecular weight excluding hydrogens is 332 g/mol. The Hall–Kier alpha value is -1.69. The van der Waals surface area contributed by atoms with Gasteiger partial charge in [-0.1, -0.05) is 30.3 Å². The van der Waals surface area contributed by atoms with Crippen LogP contribution in [0.2, 0.25) is 0 Å². The molecule has 2 fully saturated rings. The molecule has 1 aromatic heterocycles. The molecule has 0 bridgehead atoms. The van der Waals surface area contributed by atoms with Crippen LogP contribution in [0.5, 0.6) is 0 Å². The number of thiophene rings is 1. The monoisotopic (exact) mass is 356 g/mol. The normalized spacial score (nSPS) is 26.4. The zero-order valence-electron chi connectivity index (χ0n) is 14.7. The van der Waals surface area contributed by atoms with E-state index in [0.717, 1.165) is 36.6 Å². The summed E-state index contributed by atoms with van der Waals surface area (Å²) in [5, 5.41) is 3.23. The molecule has 2 aliphatic heterocycles. The van der Waals surface area contributed by atoms with Crippen LogP contribution in [0.1, 0.15) is 28.6 Å². The van der Waals surface area contributed by atoms with Gasteiger partial charge in [0.1, 0.15) is 0 Å². The fourth-order valence-electron chi connectivity index (χ4n) is 3.87. The van der Waals surface area contributed by atoms with Crippen LogP contribution in [0, 0.1) is 6.92 Å². The molecule has 3 atom stereocenters. The topological polar surface area (TPSA) is 41.6 Å². The molecule has 2 aliphatic rings. The Morgan fingerprint density at radius 2 is 2.08 bits per heavy atom. The SMILES string of the molecule is Cc1cc(C(=O)N[C@@H]2C[C@H]3CO[C@@H](C)CN3C2)sc1-c1ccccc1. The number of amides is 1. The van der Waals surface area contributed by atoms with Gasteiger partial charge in [-0.25, -0.2) is 0 Å². The lowest BCUT2D eigenvalue weighted by Crippen LogP contribution is -2.45. The van der Waals surface area contributed by atoms with Crippen LogP contribution in [0.15, 0.2) is 36.4 Å². The van der Waals surface area contributed by atoms with E-state index in [4.69, 9.17) is 4.74 Å². The highest BCUT2D eigenvalue weighted by molar-refractivity contribution is 7.17. The van der Waals surface area contributed by atoms with Gasteiger partial charge in [0.25, 0.3) is 5.91 Å². The highest BCUT2D eigenvalue weighted by Crippen LogP contribution is 2.32. The number of hydrogen-bond acceptors (Lipinski definition) is 4. The number of nitrogens with one attached hydrogen (secondary N) is 1. The summed E-state index contributed by atoms with van der Waals surface area (Å²) in [6.45, 7) is 6.86. The summed E-state index contributed by atoms with van der Waals surface area (Å²) in [6.07, 6.45) is 1.27. The Kier molecular flexibility index (Phi) is 4.63. The summed E-state index contributed by atoms with van der Waals surface area (Å²) in [6, 6.07) is 12.9. The molecule has 4 nitrogen and oxygen atoms in total. The van der Waals surface area contributed by atoms with Crippen LogP contribution >= 0.6 is 11.3 Å². The number of nitrogens with zero attached hydrogens (tertiary/aromatic N) is 1. The lowest BCUT2D eigenvalue weighted by molar-refractivity contribution is -0.0390. The van der Waals surface area contributed by atoms with Gasteiger partial charge in [0.2, 0.25) is 0 Å². The smallest absolute Gasteiger partial charge is 0.261 e. The summed E-state index contributed by atoms with van der Waals surface area (Å²) in [7, 11) is 0. The number of carbonyl (C=O) groups is 1. The summed E-state index contributed by atoms with van der Waals surface area (Å²) >= 11 is 1.58. The van der Waals surface area contributed by atoms with Gasteiger partial charge < -0.3 is 10.1 Å². The van der Waals surface area contributed by atoms with Gasteiger partial charge in [-0.05, 0) is 37.5 Å². The maximum atomic E-state index is 12.7. The molecule has 3 heterocycles. The molecule has 2 aromatic rings. The van der Waals surface area contributed by atoms with E-state index in [-0.39, 0.29) is 11.9 Å². The van der Waals surface area contributed by atoms with Gasteiger partial charge in [-0.15, -0.1) is 11.3 Å². The van der Waals surface area contributed by atoms with Crippen molar-refractivity contribution in [2.45, 2.75) is 38.5 Å². The van der Waals surface area contributed by atoms with E-state index in [9.17, 15) is 4.79 Å². The molecular formula is C20H24N2O2S. The van der Waals surface area contributed by atoms with Crippen molar-refractivity contribution in [2.75, 3.05) is 19.7 Å². The lowest BCUT2D eigenvalue weighted by atomic mass is 10.1. The third-order valence-electron chi connectivity index (χ3n) is 5.11. The van der Waals surface area contributed by atoms with Gasteiger partial charge in [0.05, 0.1) is 17.6 Å². The Bertz CT molecular complexity index is 758. The van der Waals surface area contributed by atoms with Crippen molar-refractivity contribution >= 4 is 17.2 Å². The summed E-state index contributed by atoms with van der Waals surface area (Å²) in [5.41, 5.74) is 2.33. The number of morpholine rings is 1. The first-order chi connectivity index (χ1) is 12.1. The molecule has 1 aromatic carbocycles. The third-order valence-corrected chi connectivity index (χ3v) is 6.39. The Balaban J connectivity index is 1.44. The van der Waals surface area contributed by atoms with Crippen LogP contribution in [-0.2, 0) is 4.74 Å². The minimum atomic E-state index is 0.0501. The van der Waals surface area contributed by atoms with E-state index in [1.807, 2.05) is 24.3 Å². The predicted molar refractivity (Wildman–Crippen MR) is 101 cm³/mol. The first kappa shape index (κ1) is 16.8. The van der Waals surface area contributed by atoms with Crippen LogP contribution in [0.3, 0.4) is 0 Å². The fourth-order valence-corrected chi connectivity index (χ4v) is 4.95. The fraction of sp³-hybridized carbons (Fsp3) is 0.450. The zero-order valence-corrected chi connectivity index (χ0v) is 15.5. The Morgan fingerprint density at radius 3 is 2.88 bits per heavy atom. The molecule has 1 N–H and O–H groups in total. The van der Waals surface area contributed by atoms with Crippen LogP contribution in [0.4, 0.5) is 0 Å². The standard InChI is InChI=1S/C20H24N2O2S/c1-13-8-18(25-19(13)15-6-4-3-5-7-15)20(23)21-16-9-17-12-24-14(2)10-22(17)11-16/h3-8,14,16-17H,9-12H2,1-2H3,(H,21,23)/t14-,16+,17-/m0/s1. The van der Waals surface area contributed by atoms with Gasteiger partial charge in [-0.3, -0.25) is 9.69 Å². The summed E-state index contributed by atoms with van der Waals surface area (Å²) in [5.74, 6) is 0.0501. The third kappa shape index (κ3) is 3.50. The second-order valence-electron chi connectivity index (χ2n) is 7.15. The molecule has 0 aliphatic carbocycles. The van der Waals surface area contributed by atoms with Crippen LogP contribution in [-0.4, -0.2) is 48.7 Å². The number of benzene rings is 1.